The summed E-state index contributed by atoms with van der Waals surface area (Å²) >= 11 is 1.31. The van der Waals surface area contributed by atoms with Crippen LogP contribution in [0, 0.1) is 19.7 Å². The number of nitrogens with one attached hydrogen (secondary N) is 1. The Balaban J connectivity index is 0.000000529. The maximum absolute atomic E-state index is 13.3. The molecule has 3 aromatic rings. The second kappa shape index (κ2) is 17.2. The van der Waals surface area contributed by atoms with Crippen LogP contribution in [0.1, 0.15) is 101 Å². The second-order valence-corrected chi connectivity index (χ2v) is 9.68. The summed E-state index contributed by atoms with van der Waals surface area (Å²) in [6.45, 7) is 11.7. The lowest BCUT2D eigenvalue weighted by Gasteiger charge is -2.12. The van der Waals surface area contributed by atoms with E-state index < -0.39 is 11.7 Å². The molecule has 0 saturated heterocycles. The molecule has 2 aromatic carbocycles. The third kappa shape index (κ3) is 12.1. The predicted molar refractivity (Wildman–Crippen MR) is 151 cm³/mol. The first-order valence-corrected chi connectivity index (χ1v) is 14.2. The van der Waals surface area contributed by atoms with Crippen molar-refractivity contribution in [3.8, 4) is 0 Å². The van der Waals surface area contributed by atoms with Gasteiger partial charge < -0.3 is 5.32 Å². The average Bonchev–Trinajstić information content (AvgIpc) is 3.30. The average molecular weight is 539 g/mol. The van der Waals surface area contributed by atoms with Gasteiger partial charge in [0.2, 0.25) is 0 Å². The fourth-order valence-electron chi connectivity index (χ4n) is 3.63. The third-order valence-corrected chi connectivity index (χ3v) is 6.47. The largest absolute Gasteiger partial charge is 0.416 e. The highest BCUT2D eigenvalue weighted by molar-refractivity contribution is 7.13. The summed E-state index contributed by atoms with van der Waals surface area (Å²) in [6, 6.07) is 8.98. The van der Waals surface area contributed by atoms with Gasteiger partial charge in [0.1, 0.15) is 5.82 Å². The zero-order valence-electron chi connectivity index (χ0n) is 23.1. The monoisotopic (exact) mass is 538 g/mol. The molecule has 0 aliphatic rings. The normalized spacial score (nSPS) is 10.8. The first-order valence-electron chi connectivity index (χ1n) is 13.3. The lowest BCUT2D eigenvalue weighted by Crippen LogP contribution is -2.08. The van der Waals surface area contributed by atoms with E-state index in [1.165, 1.54) is 75.3 Å². The van der Waals surface area contributed by atoms with Gasteiger partial charge in [0, 0.05) is 17.5 Å². The molecule has 0 aliphatic carbocycles. The van der Waals surface area contributed by atoms with Crippen LogP contribution in [0.2, 0.25) is 0 Å². The van der Waals surface area contributed by atoms with Gasteiger partial charge in [-0.15, -0.1) is 11.3 Å². The Morgan fingerprint density at radius 2 is 1.46 bits per heavy atom. The van der Waals surface area contributed by atoms with Gasteiger partial charge >= 0.3 is 6.18 Å². The number of nitrogens with zero attached hydrogens (tertiary/aromatic N) is 1. The zero-order valence-corrected chi connectivity index (χ0v) is 23.9. The summed E-state index contributed by atoms with van der Waals surface area (Å²) in [5.41, 5.74) is 2.11. The molecule has 7 heteroatoms. The summed E-state index contributed by atoms with van der Waals surface area (Å²) in [4.78, 5) is 4.40. The smallest absolute Gasteiger partial charge is 0.332 e. The van der Waals surface area contributed by atoms with Crippen LogP contribution in [0.25, 0.3) is 0 Å². The second-order valence-electron chi connectivity index (χ2n) is 8.82. The highest BCUT2D eigenvalue weighted by Crippen LogP contribution is 2.34. The van der Waals surface area contributed by atoms with Gasteiger partial charge in [-0.25, -0.2) is 9.37 Å². The van der Waals surface area contributed by atoms with Crippen LogP contribution >= 0.6 is 11.3 Å². The minimum absolute atomic E-state index is 0.176. The highest BCUT2D eigenvalue weighted by atomic mass is 32.1. The summed E-state index contributed by atoms with van der Waals surface area (Å²) in [5, 5.41) is 5.26. The minimum atomic E-state index is -4.39. The van der Waals surface area contributed by atoms with E-state index in [-0.39, 0.29) is 11.4 Å². The number of alkyl halides is 3. The summed E-state index contributed by atoms with van der Waals surface area (Å²) in [6.07, 6.45) is 6.11. The molecular weight excluding hydrogens is 496 g/mol. The van der Waals surface area contributed by atoms with Gasteiger partial charge in [-0.05, 0) is 48.7 Å². The molecule has 0 amide bonds. The number of thiazole rings is 1. The van der Waals surface area contributed by atoms with E-state index in [0.29, 0.717) is 22.8 Å². The Hall–Kier alpha value is -2.41. The molecule has 1 heterocycles. The van der Waals surface area contributed by atoms with Gasteiger partial charge in [0.25, 0.3) is 0 Å². The summed E-state index contributed by atoms with van der Waals surface area (Å²) < 4.78 is 52.3. The predicted octanol–water partition coefficient (Wildman–Crippen LogP) is 11.0. The lowest BCUT2D eigenvalue weighted by molar-refractivity contribution is -0.138. The van der Waals surface area contributed by atoms with Crippen molar-refractivity contribution < 1.29 is 17.6 Å². The van der Waals surface area contributed by atoms with E-state index >= 15 is 0 Å². The molecule has 0 spiro atoms. The van der Waals surface area contributed by atoms with Gasteiger partial charge in [-0.3, -0.25) is 0 Å². The zero-order chi connectivity index (χ0) is 27.8. The number of aromatic nitrogens is 1. The third-order valence-electron chi connectivity index (χ3n) is 5.66. The van der Waals surface area contributed by atoms with E-state index in [1.807, 2.05) is 19.2 Å². The number of hydrogen-bond acceptors (Lipinski definition) is 3. The molecule has 0 unspecified atom stereocenters. The molecule has 1 N–H and O–H groups in total. The Kier molecular flexibility index (Phi) is 15.1. The topological polar surface area (TPSA) is 24.9 Å². The fraction of sp³-hybridized carbons (Fsp3) is 0.500. The van der Waals surface area contributed by atoms with Crippen molar-refractivity contribution in [1.82, 2.24) is 4.98 Å². The molecule has 206 valence electrons. The number of benzene rings is 2. The molecule has 0 aliphatic heterocycles. The standard InChI is InChI=1S/C19H16F4N2S.C9H20.C2H6/c1-11-3-5-14(9-16(11)19(21,22)23)24-18-25-15(10-26-18)8-13-4-6-17(20)12(2)7-13;1-3-5-7-9-8-6-4-2;1-2/h3-7,9-10H,8H2,1-2H3,(H,24,25);3-9H2,1-2H3;1-2H3. The lowest BCUT2D eigenvalue weighted by atomic mass is 10.1. The molecule has 2 nitrogen and oxygen atoms in total. The van der Waals surface area contributed by atoms with Crippen LogP contribution in [0.4, 0.5) is 28.4 Å². The van der Waals surface area contributed by atoms with E-state index in [0.717, 1.165) is 17.3 Å². The van der Waals surface area contributed by atoms with Crippen molar-refractivity contribution in [3.05, 3.63) is 75.5 Å². The maximum Gasteiger partial charge on any atom is 0.416 e. The molecule has 3 rings (SSSR count). The van der Waals surface area contributed by atoms with Gasteiger partial charge in [-0.2, -0.15) is 13.2 Å². The van der Waals surface area contributed by atoms with Crippen LogP contribution in [-0.4, -0.2) is 4.98 Å². The number of unbranched alkanes of at least 4 members (excludes halogenated alkanes) is 6. The van der Waals surface area contributed by atoms with Crippen molar-refractivity contribution in [1.29, 1.82) is 0 Å². The first-order chi connectivity index (χ1) is 17.6. The Bertz CT molecular complexity index is 1040. The van der Waals surface area contributed by atoms with E-state index in [2.05, 4.69) is 24.1 Å². The molecule has 0 atom stereocenters. The summed E-state index contributed by atoms with van der Waals surface area (Å²) in [5.74, 6) is -0.255. The maximum atomic E-state index is 13.3. The van der Waals surface area contributed by atoms with Crippen LogP contribution in [0.3, 0.4) is 0 Å². The molecule has 37 heavy (non-hydrogen) atoms. The number of aryl methyl sites for hydroxylation is 2. The molecule has 0 bridgehead atoms. The van der Waals surface area contributed by atoms with Crippen LogP contribution in [-0.2, 0) is 12.6 Å². The Morgan fingerprint density at radius 3 is 2.03 bits per heavy atom. The van der Waals surface area contributed by atoms with Crippen molar-refractivity contribution in [3.63, 3.8) is 0 Å². The molecule has 0 fully saturated rings. The van der Waals surface area contributed by atoms with Crippen molar-refractivity contribution in [2.75, 3.05) is 5.32 Å². The number of hydrogen-bond donors (Lipinski definition) is 1. The number of rotatable bonds is 10. The molecule has 1 aromatic heterocycles. The Labute approximate surface area is 224 Å². The molecule has 0 saturated carbocycles. The Morgan fingerprint density at radius 1 is 0.838 bits per heavy atom. The van der Waals surface area contributed by atoms with Crippen molar-refractivity contribution in [2.24, 2.45) is 0 Å². The quantitative estimate of drug-likeness (QED) is 0.205. The summed E-state index contributed by atoms with van der Waals surface area (Å²) in [7, 11) is 0. The van der Waals surface area contributed by atoms with Crippen LogP contribution in [0.15, 0.2) is 41.8 Å². The first kappa shape index (κ1) is 32.6. The van der Waals surface area contributed by atoms with E-state index in [9.17, 15) is 17.6 Å². The van der Waals surface area contributed by atoms with Gasteiger partial charge in [0.15, 0.2) is 5.13 Å². The van der Waals surface area contributed by atoms with Crippen molar-refractivity contribution >= 4 is 22.2 Å². The molecular formula is C30H42F4N2S. The fourth-order valence-corrected chi connectivity index (χ4v) is 4.36. The van der Waals surface area contributed by atoms with E-state index in [4.69, 9.17) is 0 Å². The molecule has 0 radical (unpaired) electrons. The van der Waals surface area contributed by atoms with Crippen LogP contribution < -0.4 is 5.32 Å². The van der Waals surface area contributed by atoms with E-state index in [1.54, 1.807) is 25.1 Å². The SMILES string of the molecule is CC.CCCCCCCCC.Cc1cc(Cc2csc(Nc3ccc(C)c(C(F)(F)F)c3)n2)ccc1F. The van der Waals surface area contributed by atoms with Gasteiger partial charge in [-0.1, -0.05) is 90.8 Å². The number of anilines is 2. The number of halogens is 4. The van der Waals surface area contributed by atoms with Crippen molar-refractivity contribution in [2.45, 2.75) is 99.1 Å². The highest BCUT2D eigenvalue weighted by Gasteiger charge is 2.32. The van der Waals surface area contributed by atoms with Gasteiger partial charge in [0.05, 0.1) is 11.3 Å². The van der Waals surface area contributed by atoms with Crippen LogP contribution in [0.5, 0.6) is 0 Å². The minimum Gasteiger partial charge on any atom is -0.332 e.